The minimum absolute atomic E-state index is 0.123. The largest absolute Gasteiger partial charge is 0.461 e. The number of carbonyl (C=O) groups is 1. The topological polar surface area (TPSA) is 26.3 Å². The molecule has 0 heterocycles. The first-order valence-corrected chi connectivity index (χ1v) is 4.24. The molecule has 0 aliphatic carbocycles. The Bertz CT molecular complexity index is 169. The summed E-state index contributed by atoms with van der Waals surface area (Å²) in [5, 5.41) is 0. The van der Waals surface area contributed by atoms with E-state index in [-0.39, 0.29) is 5.97 Å². The van der Waals surface area contributed by atoms with Gasteiger partial charge in [-0.3, -0.25) is 4.79 Å². The average molecular weight is 168 g/mol. The van der Waals surface area contributed by atoms with Gasteiger partial charge >= 0.3 is 5.97 Å². The summed E-state index contributed by atoms with van der Waals surface area (Å²) in [6, 6.07) is 0. The fraction of sp³-hybridized carbons (Fsp3) is 0.500. The number of ether oxygens (including phenoxy) is 1. The summed E-state index contributed by atoms with van der Waals surface area (Å²) in [6.07, 6.45) is 8.85. The lowest BCUT2D eigenvalue weighted by molar-refractivity contribution is -0.142. The smallest absolute Gasteiger partial charge is 0.306 e. The van der Waals surface area contributed by atoms with Crippen LogP contribution < -0.4 is 0 Å². The first-order valence-electron chi connectivity index (χ1n) is 4.24. The van der Waals surface area contributed by atoms with E-state index in [0.717, 1.165) is 6.42 Å². The van der Waals surface area contributed by atoms with E-state index < -0.39 is 0 Å². The SMILES string of the molecule is CC=CC=CCOC(=O)CCC. The maximum absolute atomic E-state index is 10.8. The zero-order chi connectivity index (χ0) is 9.23. The quantitative estimate of drug-likeness (QED) is 0.465. The molecule has 0 N–H and O–H groups in total. The third-order valence-electron chi connectivity index (χ3n) is 1.23. The van der Waals surface area contributed by atoms with Crippen LogP contribution in [0, 0.1) is 0 Å². The van der Waals surface area contributed by atoms with Crippen molar-refractivity contribution in [1.29, 1.82) is 0 Å². The summed E-state index contributed by atoms with van der Waals surface area (Å²) in [5.41, 5.74) is 0. The normalized spacial score (nSPS) is 11.2. The Labute approximate surface area is 73.9 Å². The molecule has 0 saturated carbocycles. The van der Waals surface area contributed by atoms with Gasteiger partial charge in [-0.05, 0) is 19.4 Å². The van der Waals surface area contributed by atoms with Crippen molar-refractivity contribution >= 4 is 5.97 Å². The van der Waals surface area contributed by atoms with Crippen LogP contribution in [0.1, 0.15) is 26.7 Å². The van der Waals surface area contributed by atoms with E-state index in [2.05, 4.69) is 0 Å². The Morgan fingerprint density at radius 3 is 2.75 bits per heavy atom. The summed E-state index contributed by atoms with van der Waals surface area (Å²) < 4.78 is 4.87. The minimum Gasteiger partial charge on any atom is -0.461 e. The predicted octanol–water partition coefficient (Wildman–Crippen LogP) is 2.46. The average Bonchev–Trinajstić information content (AvgIpc) is 2.05. The molecule has 0 atom stereocenters. The van der Waals surface area contributed by atoms with Crippen LogP contribution in [0.2, 0.25) is 0 Å². The summed E-state index contributed by atoms with van der Waals surface area (Å²) in [7, 11) is 0. The van der Waals surface area contributed by atoms with Crippen LogP contribution in [0.4, 0.5) is 0 Å². The molecule has 0 rings (SSSR count). The predicted molar refractivity (Wildman–Crippen MR) is 49.8 cm³/mol. The highest BCUT2D eigenvalue weighted by molar-refractivity contribution is 5.69. The third kappa shape index (κ3) is 7.06. The molecule has 0 unspecified atom stereocenters. The molecule has 0 fully saturated rings. The molecular weight excluding hydrogens is 152 g/mol. The van der Waals surface area contributed by atoms with Crippen LogP contribution in [0.15, 0.2) is 24.3 Å². The van der Waals surface area contributed by atoms with Crippen LogP contribution >= 0.6 is 0 Å². The highest BCUT2D eigenvalue weighted by atomic mass is 16.5. The molecule has 0 spiro atoms. The zero-order valence-corrected chi connectivity index (χ0v) is 7.75. The lowest BCUT2D eigenvalue weighted by Gasteiger charge is -1.97. The molecule has 0 aromatic heterocycles. The first-order chi connectivity index (χ1) is 5.81. The number of esters is 1. The van der Waals surface area contributed by atoms with E-state index in [1.807, 2.05) is 38.2 Å². The Kier molecular flexibility index (Phi) is 7.35. The fourth-order valence-corrected chi connectivity index (χ4v) is 0.663. The summed E-state index contributed by atoms with van der Waals surface area (Å²) in [5.74, 6) is -0.123. The first kappa shape index (κ1) is 11.0. The zero-order valence-electron chi connectivity index (χ0n) is 7.75. The van der Waals surface area contributed by atoms with Crippen molar-refractivity contribution in [3.8, 4) is 0 Å². The number of allylic oxidation sites excluding steroid dienone is 3. The molecule has 0 aliphatic heterocycles. The molecule has 2 nitrogen and oxygen atoms in total. The van der Waals surface area contributed by atoms with Gasteiger partial charge in [-0.2, -0.15) is 0 Å². The second kappa shape index (κ2) is 8.05. The van der Waals surface area contributed by atoms with Crippen molar-refractivity contribution in [3.05, 3.63) is 24.3 Å². The molecule has 2 heteroatoms. The van der Waals surface area contributed by atoms with E-state index in [0.29, 0.717) is 13.0 Å². The van der Waals surface area contributed by atoms with E-state index >= 15 is 0 Å². The molecule has 0 saturated heterocycles. The Balaban J connectivity index is 3.36. The van der Waals surface area contributed by atoms with Crippen LogP contribution in [0.5, 0.6) is 0 Å². The summed E-state index contributed by atoms with van der Waals surface area (Å²) in [6.45, 7) is 4.27. The highest BCUT2D eigenvalue weighted by Gasteiger charge is 1.96. The molecule has 68 valence electrons. The van der Waals surface area contributed by atoms with Crippen molar-refractivity contribution in [1.82, 2.24) is 0 Å². The Morgan fingerprint density at radius 1 is 1.42 bits per heavy atom. The minimum atomic E-state index is -0.123. The second-order valence-electron chi connectivity index (χ2n) is 2.39. The van der Waals surface area contributed by atoms with Crippen molar-refractivity contribution < 1.29 is 9.53 Å². The molecule has 12 heavy (non-hydrogen) atoms. The van der Waals surface area contributed by atoms with Gasteiger partial charge in [0.15, 0.2) is 0 Å². The molecule has 0 aromatic carbocycles. The second-order valence-corrected chi connectivity index (χ2v) is 2.39. The molecule has 0 aromatic rings. The van der Waals surface area contributed by atoms with Gasteiger partial charge in [0.05, 0.1) is 0 Å². The van der Waals surface area contributed by atoms with Gasteiger partial charge in [0.1, 0.15) is 6.61 Å². The Morgan fingerprint density at radius 2 is 2.17 bits per heavy atom. The van der Waals surface area contributed by atoms with Gasteiger partial charge in [-0.15, -0.1) is 0 Å². The van der Waals surface area contributed by atoms with E-state index in [1.165, 1.54) is 0 Å². The third-order valence-corrected chi connectivity index (χ3v) is 1.23. The van der Waals surface area contributed by atoms with Crippen LogP contribution in [0.25, 0.3) is 0 Å². The van der Waals surface area contributed by atoms with Gasteiger partial charge in [-0.25, -0.2) is 0 Å². The van der Waals surface area contributed by atoms with Crippen LogP contribution in [-0.2, 0) is 9.53 Å². The van der Waals surface area contributed by atoms with Gasteiger partial charge in [0.2, 0.25) is 0 Å². The van der Waals surface area contributed by atoms with E-state index in [4.69, 9.17) is 4.74 Å². The molecule has 0 amide bonds. The maximum atomic E-state index is 10.8. The number of hydrogen-bond acceptors (Lipinski definition) is 2. The van der Waals surface area contributed by atoms with Crippen molar-refractivity contribution in [2.24, 2.45) is 0 Å². The van der Waals surface area contributed by atoms with Gasteiger partial charge in [0.25, 0.3) is 0 Å². The van der Waals surface area contributed by atoms with E-state index in [1.54, 1.807) is 0 Å². The van der Waals surface area contributed by atoms with Crippen molar-refractivity contribution in [2.75, 3.05) is 6.61 Å². The van der Waals surface area contributed by atoms with Gasteiger partial charge in [-0.1, -0.05) is 25.2 Å². The van der Waals surface area contributed by atoms with Crippen molar-refractivity contribution in [3.63, 3.8) is 0 Å². The number of rotatable bonds is 5. The standard InChI is InChI=1S/C10H16O2/c1-3-5-6-7-9-12-10(11)8-4-2/h3,5-7H,4,8-9H2,1-2H3. The Hall–Kier alpha value is -1.05. The highest BCUT2D eigenvalue weighted by Crippen LogP contribution is 1.91. The molecule has 0 bridgehead atoms. The summed E-state index contributed by atoms with van der Waals surface area (Å²) >= 11 is 0. The van der Waals surface area contributed by atoms with E-state index in [9.17, 15) is 4.79 Å². The van der Waals surface area contributed by atoms with Crippen LogP contribution in [0.3, 0.4) is 0 Å². The van der Waals surface area contributed by atoms with Crippen molar-refractivity contribution in [2.45, 2.75) is 26.7 Å². The van der Waals surface area contributed by atoms with Crippen LogP contribution in [-0.4, -0.2) is 12.6 Å². The monoisotopic (exact) mass is 168 g/mol. The molecule has 0 radical (unpaired) electrons. The van der Waals surface area contributed by atoms with Gasteiger partial charge < -0.3 is 4.74 Å². The summed E-state index contributed by atoms with van der Waals surface area (Å²) in [4.78, 5) is 10.8. The maximum Gasteiger partial charge on any atom is 0.306 e. The number of carbonyl (C=O) groups excluding carboxylic acids is 1. The lowest BCUT2D eigenvalue weighted by Crippen LogP contribution is -2.02. The molecular formula is C10H16O2. The molecule has 0 aliphatic rings. The lowest BCUT2D eigenvalue weighted by atomic mass is 10.3. The fourth-order valence-electron chi connectivity index (χ4n) is 0.663. The number of hydrogen-bond donors (Lipinski definition) is 0. The van der Waals surface area contributed by atoms with Gasteiger partial charge in [0, 0.05) is 6.42 Å².